The topological polar surface area (TPSA) is 69.6 Å². The number of benzene rings is 3. The van der Waals surface area contributed by atoms with Crippen molar-refractivity contribution in [3.63, 3.8) is 0 Å². The zero-order valence-electron chi connectivity index (χ0n) is 20.9. The van der Waals surface area contributed by atoms with Gasteiger partial charge >= 0.3 is 12.1 Å². The Kier molecular flexibility index (Phi) is 7.74. The Bertz CT molecular complexity index is 1310. The molecule has 6 nitrogen and oxygen atoms in total. The van der Waals surface area contributed by atoms with Gasteiger partial charge in [-0.3, -0.25) is 0 Å². The number of rotatable bonds is 8. The van der Waals surface area contributed by atoms with Crippen LogP contribution in [0.5, 0.6) is 0 Å². The quantitative estimate of drug-likeness (QED) is 0.318. The van der Waals surface area contributed by atoms with Crippen molar-refractivity contribution in [2.24, 2.45) is 0 Å². The number of para-hydroxylation sites is 1. The van der Waals surface area contributed by atoms with Crippen molar-refractivity contribution in [3.05, 3.63) is 108 Å². The molecule has 0 radical (unpaired) electrons. The van der Waals surface area contributed by atoms with Gasteiger partial charge in [0.25, 0.3) is 0 Å². The summed E-state index contributed by atoms with van der Waals surface area (Å²) in [6.07, 6.45) is 1.67. The van der Waals surface area contributed by atoms with E-state index in [1.54, 1.807) is 20.8 Å². The number of aromatic nitrogens is 1. The average molecular weight is 485 g/mol. The number of carbonyl (C=O) groups excluding carboxylic acids is 2. The van der Waals surface area contributed by atoms with E-state index in [-0.39, 0.29) is 13.0 Å². The summed E-state index contributed by atoms with van der Waals surface area (Å²) in [4.78, 5) is 25.8. The lowest BCUT2D eigenvalue weighted by molar-refractivity contribution is -0.147. The minimum atomic E-state index is -0.903. The largest absolute Gasteiger partial charge is 0.459 e. The zero-order valence-corrected chi connectivity index (χ0v) is 20.9. The van der Waals surface area contributed by atoms with Crippen molar-refractivity contribution in [2.75, 3.05) is 0 Å². The van der Waals surface area contributed by atoms with Gasteiger partial charge in [-0.25, -0.2) is 9.59 Å². The molecule has 1 aromatic heterocycles. The van der Waals surface area contributed by atoms with E-state index >= 15 is 0 Å². The van der Waals surface area contributed by atoms with Crippen LogP contribution < -0.4 is 5.32 Å². The predicted molar refractivity (Wildman–Crippen MR) is 141 cm³/mol. The zero-order chi connectivity index (χ0) is 25.5. The maximum atomic E-state index is 13.2. The van der Waals surface area contributed by atoms with Crippen LogP contribution in [0, 0.1) is 0 Å². The normalized spacial score (nSPS) is 12.2. The summed E-state index contributed by atoms with van der Waals surface area (Å²) in [7, 11) is 0. The van der Waals surface area contributed by atoms with E-state index in [9.17, 15) is 9.59 Å². The first-order valence-corrected chi connectivity index (χ1v) is 12.1. The molecule has 1 unspecified atom stereocenters. The van der Waals surface area contributed by atoms with Crippen LogP contribution in [0.1, 0.15) is 37.5 Å². The maximum Gasteiger partial charge on any atom is 0.408 e. The highest BCUT2D eigenvalue weighted by atomic mass is 16.6. The molecule has 36 heavy (non-hydrogen) atoms. The molecular weight excluding hydrogens is 452 g/mol. The summed E-state index contributed by atoms with van der Waals surface area (Å²) >= 11 is 0. The highest BCUT2D eigenvalue weighted by Crippen LogP contribution is 2.24. The SMILES string of the molecule is CC(C)(C)OC(=O)NC(Cc1cn(Cc2ccccc2)c2ccccc12)C(=O)OCc1ccccc1. The summed E-state index contributed by atoms with van der Waals surface area (Å²) < 4.78 is 13.2. The summed E-state index contributed by atoms with van der Waals surface area (Å²) in [6.45, 7) is 6.18. The van der Waals surface area contributed by atoms with Gasteiger partial charge in [-0.1, -0.05) is 78.9 Å². The molecule has 1 atom stereocenters. The minimum Gasteiger partial charge on any atom is -0.459 e. The number of hydrogen-bond acceptors (Lipinski definition) is 4. The van der Waals surface area contributed by atoms with Crippen molar-refractivity contribution in [1.29, 1.82) is 0 Å². The van der Waals surface area contributed by atoms with Crippen molar-refractivity contribution in [3.8, 4) is 0 Å². The molecule has 0 aliphatic heterocycles. The average Bonchev–Trinajstić information content (AvgIpc) is 3.19. The number of esters is 1. The van der Waals surface area contributed by atoms with Crippen molar-refractivity contribution < 1.29 is 19.1 Å². The molecule has 0 fully saturated rings. The molecule has 4 rings (SSSR count). The van der Waals surface area contributed by atoms with E-state index in [1.165, 1.54) is 5.56 Å². The monoisotopic (exact) mass is 484 g/mol. The third kappa shape index (κ3) is 6.75. The summed E-state index contributed by atoms with van der Waals surface area (Å²) in [6, 6.07) is 26.8. The standard InChI is InChI=1S/C30H32N2O4/c1-30(2,3)36-29(34)31-26(28(33)35-21-23-14-8-5-9-15-23)18-24-20-32(19-22-12-6-4-7-13-22)27-17-11-10-16-25(24)27/h4-17,20,26H,18-19,21H2,1-3H3,(H,31,34). The number of fused-ring (bicyclic) bond motifs is 1. The van der Waals surface area contributed by atoms with E-state index in [0.29, 0.717) is 6.54 Å². The second kappa shape index (κ2) is 11.1. The summed E-state index contributed by atoms with van der Waals surface area (Å²) in [5.74, 6) is -0.510. The molecule has 0 aliphatic carbocycles. The summed E-state index contributed by atoms with van der Waals surface area (Å²) in [5.41, 5.74) is 3.37. The Morgan fingerprint density at radius 2 is 1.47 bits per heavy atom. The third-order valence-corrected chi connectivity index (χ3v) is 5.69. The van der Waals surface area contributed by atoms with E-state index < -0.39 is 23.7 Å². The van der Waals surface area contributed by atoms with Crippen LogP contribution in [-0.2, 0) is 33.8 Å². The molecule has 1 N–H and O–H groups in total. The molecule has 0 saturated carbocycles. The Morgan fingerprint density at radius 1 is 0.861 bits per heavy atom. The molecule has 1 heterocycles. The Hall–Kier alpha value is -4.06. The highest BCUT2D eigenvalue weighted by molar-refractivity contribution is 5.86. The Morgan fingerprint density at radius 3 is 2.14 bits per heavy atom. The second-order valence-electron chi connectivity index (χ2n) is 9.78. The molecule has 3 aromatic carbocycles. The first-order valence-electron chi connectivity index (χ1n) is 12.1. The molecule has 0 saturated heterocycles. The fraction of sp³-hybridized carbons (Fsp3) is 0.267. The molecular formula is C30H32N2O4. The molecule has 186 valence electrons. The van der Waals surface area contributed by atoms with Crippen LogP contribution in [0.3, 0.4) is 0 Å². The van der Waals surface area contributed by atoms with Gasteiger partial charge in [-0.15, -0.1) is 0 Å². The molecule has 6 heteroatoms. The number of alkyl carbamates (subject to hydrolysis) is 1. The second-order valence-corrected chi connectivity index (χ2v) is 9.78. The highest BCUT2D eigenvalue weighted by Gasteiger charge is 2.27. The lowest BCUT2D eigenvalue weighted by Gasteiger charge is -2.23. The maximum absolute atomic E-state index is 13.2. The van der Waals surface area contributed by atoms with Crippen molar-refractivity contribution in [1.82, 2.24) is 9.88 Å². The molecule has 0 spiro atoms. The van der Waals surface area contributed by atoms with Crippen LogP contribution in [0.25, 0.3) is 10.9 Å². The van der Waals surface area contributed by atoms with Crippen molar-refractivity contribution in [2.45, 2.75) is 52.0 Å². The number of nitrogens with zero attached hydrogens (tertiary/aromatic N) is 1. The molecule has 1 amide bonds. The number of amides is 1. The van der Waals surface area contributed by atoms with E-state index in [1.807, 2.05) is 72.9 Å². The number of nitrogens with one attached hydrogen (secondary N) is 1. The van der Waals surface area contributed by atoms with Crippen LogP contribution >= 0.6 is 0 Å². The van der Waals surface area contributed by atoms with Gasteiger partial charge < -0.3 is 19.4 Å². The fourth-order valence-electron chi connectivity index (χ4n) is 4.09. The first kappa shape index (κ1) is 25.0. The van der Waals surface area contributed by atoms with Crippen LogP contribution in [0.15, 0.2) is 91.1 Å². The van der Waals surface area contributed by atoms with Gasteiger partial charge in [0.2, 0.25) is 0 Å². The number of hydrogen-bond donors (Lipinski definition) is 1. The van der Waals surface area contributed by atoms with Gasteiger partial charge in [-0.2, -0.15) is 0 Å². The third-order valence-electron chi connectivity index (χ3n) is 5.69. The summed E-state index contributed by atoms with van der Waals surface area (Å²) in [5, 5.41) is 3.76. The molecule has 4 aromatic rings. The number of carbonyl (C=O) groups is 2. The molecule has 0 bridgehead atoms. The smallest absolute Gasteiger partial charge is 0.408 e. The van der Waals surface area contributed by atoms with Crippen molar-refractivity contribution >= 4 is 23.0 Å². The lowest BCUT2D eigenvalue weighted by Crippen LogP contribution is -2.45. The van der Waals surface area contributed by atoms with Crippen LogP contribution in [-0.4, -0.2) is 28.3 Å². The van der Waals surface area contributed by atoms with Gasteiger partial charge in [0.05, 0.1) is 0 Å². The van der Waals surface area contributed by atoms with Gasteiger partial charge in [0.15, 0.2) is 0 Å². The first-order chi connectivity index (χ1) is 17.3. The van der Waals surface area contributed by atoms with Gasteiger partial charge in [0, 0.05) is 30.1 Å². The van der Waals surface area contributed by atoms with Gasteiger partial charge in [-0.05, 0) is 43.5 Å². The van der Waals surface area contributed by atoms with Gasteiger partial charge in [0.1, 0.15) is 18.2 Å². The van der Waals surface area contributed by atoms with E-state index in [4.69, 9.17) is 9.47 Å². The number of ether oxygens (including phenoxy) is 2. The Balaban J connectivity index is 1.58. The van der Waals surface area contributed by atoms with Crippen LogP contribution in [0.2, 0.25) is 0 Å². The van der Waals surface area contributed by atoms with Crippen LogP contribution in [0.4, 0.5) is 4.79 Å². The molecule has 0 aliphatic rings. The van der Waals surface area contributed by atoms with E-state index in [0.717, 1.165) is 22.0 Å². The Labute approximate surface area is 211 Å². The lowest BCUT2D eigenvalue weighted by atomic mass is 10.1. The van der Waals surface area contributed by atoms with E-state index in [2.05, 4.69) is 28.1 Å². The predicted octanol–water partition coefficient (Wildman–Crippen LogP) is 5.87. The fourth-order valence-corrected chi connectivity index (χ4v) is 4.09. The minimum absolute atomic E-state index is 0.127.